The number of unbranched alkanes of at least 4 members (excludes halogenated alkanes) is 5. The van der Waals surface area contributed by atoms with E-state index in [0.29, 0.717) is 34.4 Å². The minimum atomic E-state index is -3.40. The number of hydrogen-bond donors (Lipinski definition) is 3. The number of sulfonamides is 1. The second-order valence-corrected chi connectivity index (χ2v) is 15.7. The highest BCUT2D eigenvalue weighted by molar-refractivity contribution is 7.92. The molecule has 240 valence electrons. The highest BCUT2D eigenvalue weighted by Gasteiger charge is 2.45. The Balaban J connectivity index is 1.83. The van der Waals surface area contributed by atoms with Crippen molar-refractivity contribution >= 4 is 38.9 Å². The lowest BCUT2D eigenvalue weighted by atomic mass is 9.73. The number of aromatic nitrogens is 4. The molecule has 1 atom stereocenters. The molecule has 10 nitrogen and oxygen atoms in total. The molecule has 0 saturated carbocycles. The lowest BCUT2D eigenvalue weighted by molar-refractivity contribution is -0.130. The number of amides is 1. The van der Waals surface area contributed by atoms with E-state index < -0.39 is 27.1 Å². The maximum Gasteiger partial charge on any atom is 0.261 e. The SMILES string of the molecule is CCCCCCCCC(Oc1ccc(NS(C)(=O)=O)cc1)C(=O)NC(C)(C)C(C)(C)c1nnc2c(Cl)c(C(C)(C)C)[nH]n12. The van der Waals surface area contributed by atoms with Gasteiger partial charge in [0.2, 0.25) is 10.0 Å². The van der Waals surface area contributed by atoms with Crippen LogP contribution in [0.2, 0.25) is 5.02 Å². The van der Waals surface area contributed by atoms with Crippen LogP contribution in [0.15, 0.2) is 24.3 Å². The van der Waals surface area contributed by atoms with Crippen LogP contribution in [-0.2, 0) is 25.6 Å². The number of aromatic amines is 1. The molecule has 1 aromatic carbocycles. The van der Waals surface area contributed by atoms with Crippen molar-refractivity contribution in [3.05, 3.63) is 40.8 Å². The largest absolute Gasteiger partial charge is 0.481 e. The second-order valence-electron chi connectivity index (χ2n) is 13.5. The third kappa shape index (κ3) is 8.65. The molecule has 2 aromatic heterocycles. The van der Waals surface area contributed by atoms with Crippen LogP contribution in [0.1, 0.15) is 112 Å². The Bertz CT molecular complexity index is 1490. The third-order valence-corrected chi connectivity index (χ3v) is 9.12. The van der Waals surface area contributed by atoms with Gasteiger partial charge >= 0.3 is 0 Å². The van der Waals surface area contributed by atoms with Crippen LogP contribution in [0.3, 0.4) is 0 Å². The van der Waals surface area contributed by atoms with Gasteiger partial charge in [-0.25, -0.2) is 12.9 Å². The van der Waals surface area contributed by atoms with E-state index in [1.807, 2.05) is 32.2 Å². The topological polar surface area (TPSA) is 130 Å². The standard InChI is InChI=1S/C31H49ClN6O4S/c1-10-11-12-13-14-15-16-23(42-22-19-17-21(18-20-22)37-43(9,40)41)27(39)33-31(7,8)30(5,6)28-35-34-26-24(32)25(29(2,3)4)36-38(26)28/h17-20,23,36-37H,10-16H2,1-9H3,(H,33,39). The molecule has 1 amide bonds. The summed E-state index contributed by atoms with van der Waals surface area (Å²) in [5.41, 5.74) is 0.183. The van der Waals surface area contributed by atoms with E-state index in [1.165, 1.54) is 19.3 Å². The monoisotopic (exact) mass is 636 g/mol. The minimum absolute atomic E-state index is 0.219. The van der Waals surface area contributed by atoms with Crippen molar-refractivity contribution in [3.63, 3.8) is 0 Å². The molecule has 1 unspecified atom stereocenters. The van der Waals surface area contributed by atoms with Crippen LogP contribution in [0, 0.1) is 0 Å². The predicted octanol–water partition coefficient (Wildman–Crippen LogP) is 6.75. The normalized spacial score (nSPS) is 13.7. The van der Waals surface area contributed by atoms with Gasteiger partial charge in [0.1, 0.15) is 10.8 Å². The van der Waals surface area contributed by atoms with Gasteiger partial charge in [0.15, 0.2) is 17.6 Å². The van der Waals surface area contributed by atoms with Gasteiger partial charge in [-0.2, -0.15) is 0 Å². The molecule has 3 rings (SSSR count). The Kier molecular flexibility index (Phi) is 10.9. The summed E-state index contributed by atoms with van der Waals surface area (Å²) in [4.78, 5) is 13.9. The van der Waals surface area contributed by atoms with Crippen molar-refractivity contribution in [2.45, 2.75) is 123 Å². The zero-order valence-corrected chi connectivity index (χ0v) is 28.7. The summed E-state index contributed by atoms with van der Waals surface area (Å²) in [7, 11) is -3.40. The van der Waals surface area contributed by atoms with Crippen molar-refractivity contribution in [1.82, 2.24) is 25.1 Å². The summed E-state index contributed by atoms with van der Waals surface area (Å²) < 4.78 is 33.6. The van der Waals surface area contributed by atoms with E-state index in [4.69, 9.17) is 16.3 Å². The predicted molar refractivity (Wildman–Crippen MR) is 174 cm³/mol. The molecule has 3 N–H and O–H groups in total. The van der Waals surface area contributed by atoms with Gasteiger partial charge in [-0.3, -0.25) is 14.6 Å². The molecular weight excluding hydrogens is 588 g/mol. The zero-order chi connectivity index (χ0) is 32.2. The van der Waals surface area contributed by atoms with Crippen LogP contribution in [0.5, 0.6) is 5.75 Å². The quantitative estimate of drug-likeness (QED) is 0.158. The summed E-state index contributed by atoms with van der Waals surface area (Å²) >= 11 is 6.68. The molecule has 0 aliphatic carbocycles. The van der Waals surface area contributed by atoms with Gasteiger partial charge < -0.3 is 10.1 Å². The summed E-state index contributed by atoms with van der Waals surface area (Å²) in [6.45, 7) is 16.4. The van der Waals surface area contributed by atoms with E-state index in [9.17, 15) is 13.2 Å². The smallest absolute Gasteiger partial charge is 0.261 e. The number of anilines is 1. The van der Waals surface area contributed by atoms with Gasteiger partial charge in [0.05, 0.1) is 11.9 Å². The summed E-state index contributed by atoms with van der Waals surface area (Å²) in [6.07, 6.45) is 7.45. The molecule has 0 aliphatic heterocycles. The second kappa shape index (κ2) is 13.5. The molecule has 0 radical (unpaired) electrons. The first-order valence-electron chi connectivity index (χ1n) is 15.1. The fourth-order valence-corrected chi connectivity index (χ4v) is 5.88. The molecule has 0 spiro atoms. The number of halogens is 1. The van der Waals surface area contributed by atoms with Gasteiger partial charge in [0, 0.05) is 22.1 Å². The molecule has 3 aromatic rings. The van der Waals surface area contributed by atoms with Crippen LogP contribution in [-0.4, -0.2) is 52.0 Å². The zero-order valence-electron chi connectivity index (χ0n) is 27.1. The first kappa shape index (κ1) is 34.7. The van der Waals surface area contributed by atoms with Crippen molar-refractivity contribution in [2.75, 3.05) is 11.0 Å². The van der Waals surface area contributed by atoms with Crippen LogP contribution >= 0.6 is 11.6 Å². The number of H-pyrrole nitrogens is 1. The third-order valence-electron chi connectivity index (χ3n) is 8.16. The lowest BCUT2D eigenvalue weighted by Crippen LogP contribution is -2.59. The molecule has 2 heterocycles. The van der Waals surface area contributed by atoms with E-state index in [1.54, 1.807) is 24.3 Å². The molecule has 0 bridgehead atoms. The minimum Gasteiger partial charge on any atom is -0.481 e. The summed E-state index contributed by atoms with van der Waals surface area (Å²) in [5.74, 6) is 0.898. The number of nitrogens with zero attached hydrogens (tertiary/aromatic N) is 3. The average molecular weight is 637 g/mol. The Labute approximate surface area is 261 Å². The van der Waals surface area contributed by atoms with Crippen molar-refractivity contribution in [3.8, 4) is 5.75 Å². The maximum absolute atomic E-state index is 13.9. The first-order valence-corrected chi connectivity index (χ1v) is 17.3. The molecule has 0 fully saturated rings. The highest BCUT2D eigenvalue weighted by Crippen LogP contribution is 2.37. The maximum atomic E-state index is 13.9. The van der Waals surface area contributed by atoms with Crippen LogP contribution in [0.4, 0.5) is 5.69 Å². The van der Waals surface area contributed by atoms with E-state index >= 15 is 0 Å². The molecule has 12 heteroatoms. The first-order chi connectivity index (χ1) is 19.9. The van der Waals surface area contributed by atoms with E-state index in [-0.39, 0.29) is 11.3 Å². The molecule has 0 aliphatic rings. The van der Waals surface area contributed by atoms with E-state index in [2.05, 4.69) is 53.0 Å². The van der Waals surface area contributed by atoms with Gasteiger partial charge in [-0.15, -0.1) is 10.2 Å². The van der Waals surface area contributed by atoms with Crippen molar-refractivity contribution < 1.29 is 17.9 Å². The van der Waals surface area contributed by atoms with Crippen molar-refractivity contribution in [1.29, 1.82) is 0 Å². The summed E-state index contributed by atoms with van der Waals surface area (Å²) in [5, 5.41) is 16.0. The average Bonchev–Trinajstić information content (AvgIpc) is 3.45. The van der Waals surface area contributed by atoms with E-state index in [0.717, 1.165) is 31.2 Å². The number of benzene rings is 1. The number of nitrogens with one attached hydrogen (secondary N) is 3. The fourth-order valence-electron chi connectivity index (χ4n) is 4.86. The Morgan fingerprint density at radius 3 is 2.19 bits per heavy atom. The van der Waals surface area contributed by atoms with Gasteiger partial charge in [-0.05, 0) is 51.0 Å². The number of hydrogen-bond acceptors (Lipinski definition) is 6. The summed E-state index contributed by atoms with van der Waals surface area (Å²) in [6, 6.07) is 6.57. The lowest BCUT2D eigenvalue weighted by Gasteiger charge is -2.41. The Morgan fingerprint density at radius 1 is 1.00 bits per heavy atom. The number of carbonyl (C=O) groups is 1. The number of carbonyl (C=O) groups excluding carboxylic acids is 1. The van der Waals surface area contributed by atoms with Gasteiger partial charge in [-0.1, -0.05) is 85.2 Å². The molecular formula is C31H49ClN6O4S. The van der Waals surface area contributed by atoms with Crippen molar-refractivity contribution in [2.24, 2.45) is 0 Å². The molecule has 43 heavy (non-hydrogen) atoms. The number of fused-ring (bicyclic) bond motifs is 1. The molecule has 0 saturated heterocycles. The van der Waals surface area contributed by atoms with Crippen LogP contribution < -0.4 is 14.8 Å². The highest BCUT2D eigenvalue weighted by atomic mass is 35.5. The number of ether oxygens (including phenoxy) is 1. The number of rotatable bonds is 15. The fraction of sp³-hybridized carbons (Fsp3) is 0.645. The van der Waals surface area contributed by atoms with Crippen LogP contribution in [0.25, 0.3) is 5.65 Å². The van der Waals surface area contributed by atoms with Gasteiger partial charge in [0.25, 0.3) is 5.91 Å². The Morgan fingerprint density at radius 2 is 1.60 bits per heavy atom. The Hall–Kier alpha value is -2.79.